The van der Waals surface area contributed by atoms with E-state index in [1.54, 1.807) is 0 Å². The van der Waals surface area contributed by atoms with E-state index >= 15 is 0 Å². The Kier molecular flexibility index (Phi) is 6.41. The van der Waals surface area contributed by atoms with E-state index in [2.05, 4.69) is 38.9 Å². The topological polar surface area (TPSA) is 52.8 Å². The molecule has 3 saturated carbocycles. The van der Waals surface area contributed by atoms with Crippen LogP contribution in [0.1, 0.15) is 98.3 Å². The monoisotopic (exact) mass is 415 g/mol. The van der Waals surface area contributed by atoms with Gasteiger partial charge in [-0.1, -0.05) is 57.7 Å². The Morgan fingerprint density at radius 3 is 2.53 bits per heavy atom. The number of aliphatic hydroxyl groups excluding tert-OH is 1. The van der Waals surface area contributed by atoms with Crippen LogP contribution in [0.15, 0.2) is 16.8 Å². The van der Waals surface area contributed by atoms with Gasteiger partial charge in [-0.15, -0.1) is 0 Å². The highest BCUT2D eigenvalue weighted by Gasteiger charge is 2.60. The average molecular weight is 416 g/mol. The largest absolute Gasteiger partial charge is 0.411 e. The smallest absolute Gasteiger partial charge is 0.0795 e. The second-order valence-electron chi connectivity index (χ2n) is 12.0. The van der Waals surface area contributed by atoms with Gasteiger partial charge >= 0.3 is 0 Å². The Bertz CT molecular complexity index is 682. The van der Waals surface area contributed by atoms with Crippen LogP contribution in [0.2, 0.25) is 0 Å². The molecule has 0 amide bonds. The standard InChI is InChI=1S/C27H45NO2/c1-18(2)6-5-7-19(3)23-10-11-24-22-9-8-20-16-21(28-30)12-15-27(20,17-29)25(22)13-14-26(23,24)4/h16,18-19,22-25,29-30H,5-15,17H2,1-4H3/t19-,22+,23-,24+,25+,26-,27-/m1/s1. The molecule has 2 N–H and O–H groups in total. The molecular weight excluding hydrogens is 370 g/mol. The SMILES string of the molecule is CC(C)CCC[C@@H](C)[C@H]1CC[C@H]2[C@@H]3CCC4=CC(=NO)CC[C@]4(CO)[C@H]3CC[C@]12C. The molecule has 0 aromatic carbocycles. The highest BCUT2D eigenvalue weighted by molar-refractivity contribution is 5.96. The quantitative estimate of drug-likeness (QED) is 0.369. The van der Waals surface area contributed by atoms with Crippen LogP contribution in [0.3, 0.4) is 0 Å². The van der Waals surface area contributed by atoms with Crippen LogP contribution in [0.25, 0.3) is 0 Å². The van der Waals surface area contributed by atoms with Crippen molar-refractivity contribution < 1.29 is 10.3 Å². The fourth-order valence-corrected chi connectivity index (χ4v) is 8.77. The second kappa shape index (κ2) is 8.60. The third kappa shape index (κ3) is 3.57. The number of aliphatic hydroxyl groups is 1. The predicted octanol–water partition coefficient (Wildman–Crippen LogP) is 6.83. The highest BCUT2D eigenvalue weighted by Crippen LogP contribution is 2.67. The van der Waals surface area contributed by atoms with Gasteiger partial charge < -0.3 is 10.3 Å². The van der Waals surface area contributed by atoms with E-state index in [4.69, 9.17) is 0 Å². The summed E-state index contributed by atoms with van der Waals surface area (Å²) in [4.78, 5) is 0. The first-order valence-corrected chi connectivity index (χ1v) is 12.9. The van der Waals surface area contributed by atoms with Crippen LogP contribution < -0.4 is 0 Å². The number of oxime groups is 1. The normalized spacial score (nSPS) is 43.1. The summed E-state index contributed by atoms with van der Waals surface area (Å²) in [7, 11) is 0. The van der Waals surface area contributed by atoms with Gasteiger partial charge in [0.15, 0.2) is 0 Å². The number of fused-ring (bicyclic) bond motifs is 5. The lowest BCUT2D eigenvalue weighted by Gasteiger charge is -2.59. The van der Waals surface area contributed by atoms with Gasteiger partial charge in [0, 0.05) is 5.41 Å². The Morgan fingerprint density at radius 2 is 1.83 bits per heavy atom. The van der Waals surface area contributed by atoms with Crippen molar-refractivity contribution in [2.75, 3.05) is 6.61 Å². The van der Waals surface area contributed by atoms with Gasteiger partial charge in [0.25, 0.3) is 0 Å². The van der Waals surface area contributed by atoms with E-state index in [1.165, 1.54) is 56.9 Å². The molecule has 7 atom stereocenters. The van der Waals surface area contributed by atoms with E-state index in [0.29, 0.717) is 11.3 Å². The molecule has 0 aromatic rings. The van der Waals surface area contributed by atoms with Crippen LogP contribution in [-0.2, 0) is 0 Å². The molecule has 0 aliphatic heterocycles. The van der Waals surface area contributed by atoms with E-state index in [0.717, 1.165) is 54.6 Å². The first-order chi connectivity index (χ1) is 14.4. The minimum absolute atomic E-state index is 0.0423. The van der Waals surface area contributed by atoms with E-state index < -0.39 is 0 Å². The van der Waals surface area contributed by atoms with E-state index in [1.807, 2.05) is 0 Å². The molecule has 3 fully saturated rings. The molecule has 3 nitrogen and oxygen atoms in total. The van der Waals surface area contributed by atoms with Crippen molar-refractivity contribution in [1.82, 2.24) is 0 Å². The van der Waals surface area contributed by atoms with E-state index in [9.17, 15) is 10.3 Å². The number of rotatable bonds is 6. The van der Waals surface area contributed by atoms with Gasteiger partial charge in [-0.2, -0.15) is 0 Å². The highest BCUT2D eigenvalue weighted by atomic mass is 16.4. The number of hydrogen-bond acceptors (Lipinski definition) is 3. The molecule has 170 valence electrons. The molecule has 0 saturated heterocycles. The third-order valence-electron chi connectivity index (χ3n) is 10.3. The zero-order valence-electron chi connectivity index (χ0n) is 19.9. The molecule has 30 heavy (non-hydrogen) atoms. The Labute approximate surface area is 184 Å². The van der Waals surface area contributed by atoms with Crippen LogP contribution >= 0.6 is 0 Å². The fraction of sp³-hybridized carbons (Fsp3) is 0.889. The van der Waals surface area contributed by atoms with Crippen molar-refractivity contribution in [1.29, 1.82) is 0 Å². The summed E-state index contributed by atoms with van der Waals surface area (Å²) in [5.41, 5.74) is 2.65. The first-order valence-electron chi connectivity index (χ1n) is 12.9. The summed E-state index contributed by atoms with van der Waals surface area (Å²) in [5, 5.41) is 23.4. The first kappa shape index (κ1) is 22.4. The molecule has 4 rings (SSSR count). The van der Waals surface area contributed by atoms with Crippen molar-refractivity contribution in [3.63, 3.8) is 0 Å². The van der Waals surface area contributed by atoms with Gasteiger partial charge in [-0.3, -0.25) is 0 Å². The summed E-state index contributed by atoms with van der Waals surface area (Å²) in [6.45, 7) is 10.2. The van der Waals surface area contributed by atoms with E-state index in [-0.39, 0.29) is 12.0 Å². The summed E-state index contributed by atoms with van der Waals surface area (Å²) < 4.78 is 0. The van der Waals surface area contributed by atoms with Gasteiger partial charge in [-0.05, 0) is 98.4 Å². The summed E-state index contributed by atoms with van der Waals surface area (Å²) in [6, 6.07) is 0. The molecule has 0 spiro atoms. The molecule has 0 unspecified atom stereocenters. The molecular formula is C27H45NO2. The fourth-order valence-electron chi connectivity index (χ4n) is 8.77. The van der Waals surface area contributed by atoms with Crippen molar-refractivity contribution >= 4 is 5.71 Å². The number of allylic oxidation sites excluding steroid dienone is 1. The van der Waals surface area contributed by atoms with Crippen LogP contribution in [-0.4, -0.2) is 22.6 Å². The van der Waals surface area contributed by atoms with Crippen LogP contribution in [0.5, 0.6) is 0 Å². The van der Waals surface area contributed by atoms with Gasteiger partial charge in [0.1, 0.15) is 0 Å². The predicted molar refractivity (Wildman–Crippen MR) is 124 cm³/mol. The lowest BCUT2D eigenvalue weighted by atomic mass is 9.46. The summed E-state index contributed by atoms with van der Waals surface area (Å²) in [6.07, 6.45) is 15.8. The minimum Gasteiger partial charge on any atom is -0.411 e. The Balaban J connectivity index is 1.52. The molecule has 3 heteroatoms. The zero-order valence-corrected chi connectivity index (χ0v) is 19.9. The molecule has 4 aliphatic carbocycles. The number of hydrogen-bond donors (Lipinski definition) is 2. The Morgan fingerprint density at radius 1 is 1.03 bits per heavy atom. The van der Waals surface area contributed by atoms with Gasteiger partial charge in [0.05, 0.1) is 12.3 Å². The maximum absolute atomic E-state index is 10.6. The lowest BCUT2D eigenvalue weighted by Crippen LogP contribution is -2.53. The number of nitrogens with zero attached hydrogens (tertiary/aromatic N) is 1. The zero-order chi connectivity index (χ0) is 21.5. The molecule has 0 radical (unpaired) electrons. The summed E-state index contributed by atoms with van der Waals surface area (Å²) >= 11 is 0. The maximum Gasteiger partial charge on any atom is 0.0795 e. The molecule has 0 aromatic heterocycles. The average Bonchev–Trinajstić information content (AvgIpc) is 3.09. The molecule has 4 aliphatic rings. The van der Waals surface area contributed by atoms with Crippen molar-refractivity contribution in [2.45, 2.75) is 98.3 Å². The van der Waals surface area contributed by atoms with Crippen LogP contribution in [0, 0.1) is 46.3 Å². The maximum atomic E-state index is 10.6. The molecule has 0 heterocycles. The van der Waals surface area contributed by atoms with Crippen molar-refractivity contribution in [3.8, 4) is 0 Å². The lowest BCUT2D eigenvalue weighted by molar-refractivity contribution is -0.0780. The minimum atomic E-state index is -0.0423. The van der Waals surface area contributed by atoms with Gasteiger partial charge in [0.2, 0.25) is 0 Å². The Hall–Kier alpha value is -0.830. The van der Waals surface area contributed by atoms with Crippen molar-refractivity contribution in [2.24, 2.45) is 51.5 Å². The van der Waals surface area contributed by atoms with Gasteiger partial charge in [-0.25, -0.2) is 0 Å². The van der Waals surface area contributed by atoms with Crippen molar-refractivity contribution in [3.05, 3.63) is 11.6 Å². The van der Waals surface area contributed by atoms with Crippen LogP contribution in [0.4, 0.5) is 0 Å². The third-order valence-corrected chi connectivity index (χ3v) is 10.3. The second-order valence-corrected chi connectivity index (χ2v) is 12.0. The molecule has 0 bridgehead atoms. The summed E-state index contributed by atoms with van der Waals surface area (Å²) in [5.74, 6) is 4.79.